The molecular weight excluding hydrogens is 204 g/mol. The van der Waals surface area contributed by atoms with Crippen LogP contribution in [0.3, 0.4) is 0 Å². The van der Waals surface area contributed by atoms with Gasteiger partial charge in [-0.2, -0.15) is 0 Å². The second kappa shape index (κ2) is 5.00. The van der Waals surface area contributed by atoms with E-state index in [-0.39, 0.29) is 11.5 Å². The van der Waals surface area contributed by atoms with Gasteiger partial charge in [0.05, 0.1) is 0 Å². The molecule has 0 amide bonds. The lowest BCUT2D eigenvalue weighted by molar-refractivity contribution is 0.360. The van der Waals surface area contributed by atoms with Crippen LogP contribution in [-0.2, 0) is 0 Å². The SMILES string of the molecule is CC(F)CNC(=S)c1ccccc1F. The molecule has 0 saturated carbocycles. The molecule has 14 heavy (non-hydrogen) atoms. The molecule has 4 heteroatoms. The van der Waals surface area contributed by atoms with Gasteiger partial charge in [0, 0.05) is 12.1 Å². The molecule has 1 aromatic rings. The number of hydrogen-bond acceptors (Lipinski definition) is 1. The van der Waals surface area contributed by atoms with Gasteiger partial charge in [-0.1, -0.05) is 24.4 Å². The summed E-state index contributed by atoms with van der Waals surface area (Å²) in [5, 5.41) is 2.66. The Labute approximate surface area is 87.1 Å². The van der Waals surface area contributed by atoms with Crippen LogP contribution < -0.4 is 5.32 Å². The quantitative estimate of drug-likeness (QED) is 0.777. The number of alkyl halides is 1. The number of halogens is 2. The normalized spacial score (nSPS) is 12.2. The summed E-state index contributed by atoms with van der Waals surface area (Å²) in [6.07, 6.45) is -1.00. The van der Waals surface area contributed by atoms with Gasteiger partial charge in [-0.25, -0.2) is 8.78 Å². The molecular formula is C10H11F2NS. The molecule has 0 radical (unpaired) electrons. The van der Waals surface area contributed by atoms with Gasteiger partial charge in [-0.15, -0.1) is 0 Å². The van der Waals surface area contributed by atoms with Crippen molar-refractivity contribution in [3.63, 3.8) is 0 Å². The fourth-order valence-corrected chi connectivity index (χ4v) is 1.22. The molecule has 0 saturated heterocycles. The maximum Gasteiger partial charge on any atom is 0.133 e. The van der Waals surface area contributed by atoms with Crippen molar-refractivity contribution in [2.24, 2.45) is 0 Å². The zero-order chi connectivity index (χ0) is 10.6. The van der Waals surface area contributed by atoms with Crippen molar-refractivity contribution in [2.75, 3.05) is 6.54 Å². The highest BCUT2D eigenvalue weighted by Gasteiger charge is 2.07. The number of benzene rings is 1. The Morgan fingerprint density at radius 2 is 2.14 bits per heavy atom. The summed E-state index contributed by atoms with van der Waals surface area (Å²) >= 11 is 4.91. The largest absolute Gasteiger partial charge is 0.373 e. The second-order valence-electron chi connectivity index (χ2n) is 2.97. The Morgan fingerprint density at radius 3 is 2.71 bits per heavy atom. The monoisotopic (exact) mass is 215 g/mol. The third kappa shape index (κ3) is 3.03. The molecule has 0 heterocycles. The Hall–Kier alpha value is -1.03. The third-order valence-corrected chi connectivity index (χ3v) is 2.03. The van der Waals surface area contributed by atoms with E-state index in [1.807, 2.05) is 0 Å². The number of rotatable bonds is 3. The molecule has 0 aliphatic heterocycles. The maximum absolute atomic E-state index is 13.1. The van der Waals surface area contributed by atoms with Crippen molar-refractivity contribution in [1.29, 1.82) is 0 Å². The first-order valence-corrected chi connectivity index (χ1v) is 4.69. The van der Waals surface area contributed by atoms with E-state index in [0.717, 1.165) is 0 Å². The Bertz CT molecular complexity index is 326. The van der Waals surface area contributed by atoms with Crippen LogP contribution in [-0.4, -0.2) is 17.7 Å². The predicted octanol–water partition coefficient (Wildman–Crippen LogP) is 2.45. The van der Waals surface area contributed by atoms with Gasteiger partial charge in [0.25, 0.3) is 0 Å². The fraction of sp³-hybridized carbons (Fsp3) is 0.300. The summed E-state index contributed by atoms with van der Waals surface area (Å²) in [4.78, 5) is 0.243. The molecule has 1 unspecified atom stereocenters. The zero-order valence-electron chi connectivity index (χ0n) is 7.76. The van der Waals surface area contributed by atoms with Crippen LogP contribution in [0, 0.1) is 5.82 Å². The highest BCUT2D eigenvalue weighted by Crippen LogP contribution is 2.06. The molecule has 0 spiro atoms. The van der Waals surface area contributed by atoms with Crippen LogP contribution in [0.1, 0.15) is 12.5 Å². The number of thiocarbonyl (C=S) groups is 1. The van der Waals surface area contributed by atoms with Crippen molar-refractivity contribution in [3.05, 3.63) is 35.6 Å². The van der Waals surface area contributed by atoms with Crippen molar-refractivity contribution in [3.8, 4) is 0 Å². The zero-order valence-corrected chi connectivity index (χ0v) is 8.57. The van der Waals surface area contributed by atoms with E-state index in [9.17, 15) is 8.78 Å². The van der Waals surface area contributed by atoms with E-state index in [2.05, 4.69) is 5.32 Å². The van der Waals surface area contributed by atoms with E-state index in [1.165, 1.54) is 13.0 Å². The lowest BCUT2D eigenvalue weighted by Gasteiger charge is -2.08. The molecule has 0 aromatic heterocycles. The highest BCUT2D eigenvalue weighted by molar-refractivity contribution is 7.80. The average molecular weight is 215 g/mol. The molecule has 1 nitrogen and oxygen atoms in total. The first-order valence-electron chi connectivity index (χ1n) is 4.28. The molecule has 1 N–H and O–H groups in total. The topological polar surface area (TPSA) is 12.0 Å². The van der Waals surface area contributed by atoms with Gasteiger partial charge in [-0.05, 0) is 19.1 Å². The summed E-state index contributed by atoms with van der Waals surface area (Å²) in [6.45, 7) is 1.52. The molecule has 1 atom stereocenters. The molecule has 1 aromatic carbocycles. The minimum absolute atomic E-state index is 0.104. The second-order valence-corrected chi connectivity index (χ2v) is 3.38. The lowest BCUT2D eigenvalue weighted by Crippen LogP contribution is -2.28. The van der Waals surface area contributed by atoms with Gasteiger partial charge in [-0.3, -0.25) is 0 Å². The molecule has 0 aliphatic carbocycles. The van der Waals surface area contributed by atoms with Crippen LogP contribution in [0.2, 0.25) is 0 Å². The van der Waals surface area contributed by atoms with Crippen LogP contribution in [0.5, 0.6) is 0 Å². The molecule has 0 bridgehead atoms. The molecule has 1 rings (SSSR count). The van der Waals surface area contributed by atoms with Gasteiger partial charge >= 0.3 is 0 Å². The van der Waals surface area contributed by atoms with Crippen LogP contribution in [0.15, 0.2) is 24.3 Å². The third-order valence-electron chi connectivity index (χ3n) is 1.66. The van der Waals surface area contributed by atoms with Gasteiger partial charge < -0.3 is 5.32 Å². The number of nitrogens with one attached hydrogen (secondary N) is 1. The summed E-state index contributed by atoms with van der Waals surface area (Å²) in [5.74, 6) is -0.392. The summed E-state index contributed by atoms with van der Waals surface area (Å²) in [7, 11) is 0. The van der Waals surface area contributed by atoms with Crippen molar-refractivity contribution >= 4 is 17.2 Å². The Balaban J connectivity index is 2.65. The van der Waals surface area contributed by atoms with E-state index in [4.69, 9.17) is 12.2 Å². The van der Waals surface area contributed by atoms with E-state index >= 15 is 0 Å². The van der Waals surface area contributed by atoms with Crippen molar-refractivity contribution in [2.45, 2.75) is 13.1 Å². The molecule has 0 aliphatic rings. The first kappa shape index (κ1) is 11.0. The minimum Gasteiger partial charge on any atom is -0.373 e. The minimum atomic E-state index is -1.00. The van der Waals surface area contributed by atoms with Crippen LogP contribution in [0.4, 0.5) is 8.78 Å². The van der Waals surface area contributed by atoms with E-state index < -0.39 is 12.0 Å². The summed E-state index contributed by atoms with van der Waals surface area (Å²) < 4.78 is 25.6. The maximum atomic E-state index is 13.1. The Kier molecular flexibility index (Phi) is 3.95. The van der Waals surface area contributed by atoms with Gasteiger partial charge in [0.1, 0.15) is 17.0 Å². The predicted molar refractivity (Wildman–Crippen MR) is 56.7 cm³/mol. The standard InChI is InChI=1S/C10H11F2NS/c1-7(11)6-13-10(14)8-4-2-3-5-9(8)12/h2-5,7H,6H2,1H3,(H,13,14). The fourth-order valence-electron chi connectivity index (χ4n) is 0.974. The van der Waals surface area contributed by atoms with E-state index in [1.54, 1.807) is 18.2 Å². The van der Waals surface area contributed by atoms with Gasteiger partial charge in [0.15, 0.2) is 0 Å². The number of hydrogen-bond donors (Lipinski definition) is 1. The summed E-state index contributed by atoms with van der Waals surface area (Å²) in [6, 6.07) is 6.15. The van der Waals surface area contributed by atoms with Crippen molar-refractivity contribution in [1.82, 2.24) is 5.32 Å². The van der Waals surface area contributed by atoms with Crippen LogP contribution in [0.25, 0.3) is 0 Å². The average Bonchev–Trinajstić information content (AvgIpc) is 2.15. The molecule has 76 valence electrons. The van der Waals surface area contributed by atoms with Crippen LogP contribution >= 0.6 is 12.2 Å². The first-order chi connectivity index (χ1) is 6.61. The van der Waals surface area contributed by atoms with Crippen molar-refractivity contribution < 1.29 is 8.78 Å². The smallest absolute Gasteiger partial charge is 0.133 e. The Morgan fingerprint density at radius 1 is 1.50 bits per heavy atom. The summed E-state index contributed by atoms with van der Waals surface area (Å²) in [5.41, 5.74) is 0.308. The van der Waals surface area contributed by atoms with Gasteiger partial charge in [0.2, 0.25) is 0 Å². The lowest BCUT2D eigenvalue weighted by atomic mass is 10.2. The van der Waals surface area contributed by atoms with E-state index in [0.29, 0.717) is 5.56 Å². The molecule has 0 fully saturated rings. The highest BCUT2D eigenvalue weighted by atomic mass is 32.1.